The lowest BCUT2D eigenvalue weighted by atomic mass is 10.0. The Morgan fingerprint density at radius 1 is 0.865 bits per heavy atom. The van der Waals surface area contributed by atoms with Gasteiger partial charge in [0.1, 0.15) is 0 Å². The fourth-order valence-corrected chi connectivity index (χ4v) is 4.70. The molecule has 0 saturated carbocycles. The number of pyridine rings is 1. The highest BCUT2D eigenvalue weighted by Crippen LogP contribution is 2.33. The highest BCUT2D eigenvalue weighted by atomic mass is 16.5. The Hall–Kier alpha value is -4.16. The predicted molar refractivity (Wildman–Crippen MR) is 148 cm³/mol. The molecule has 1 aliphatic rings. The molecule has 0 spiro atoms. The second-order valence-electron chi connectivity index (χ2n) is 9.05. The third-order valence-electron chi connectivity index (χ3n) is 6.76. The smallest absolute Gasteiger partial charge is 0.254 e. The van der Waals surface area contributed by atoms with Crippen LogP contribution < -0.4 is 9.47 Å². The SMILES string of the molecule is COc1ccc(-c2cc(C(=O)N3CCN(C/C=C\c4ccccc4)CC3)c3ccccc3n2)cc1OC. The standard InChI is InChI=1S/C31H31N3O3/c1-36-29-15-14-24(21-30(29)37-2)28-22-26(25-12-6-7-13-27(25)32-28)31(35)34-19-17-33(18-20-34)16-8-11-23-9-4-3-5-10-23/h3-15,21-22H,16-20H2,1-2H3/b11-8-. The van der Waals surface area contributed by atoms with Crippen molar-refractivity contribution in [3.8, 4) is 22.8 Å². The summed E-state index contributed by atoms with van der Waals surface area (Å²) in [6, 6.07) is 25.7. The molecule has 5 rings (SSSR count). The molecule has 6 nitrogen and oxygen atoms in total. The summed E-state index contributed by atoms with van der Waals surface area (Å²) in [5, 5.41) is 0.866. The molecule has 37 heavy (non-hydrogen) atoms. The number of nitrogens with zero attached hydrogens (tertiary/aromatic N) is 3. The first-order valence-electron chi connectivity index (χ1n) is 12.5. The van der Waals surface area contributed by atoms with Gasteiger partial charge in [0.15, 0.2) is 11.5 Å². The zero-order chi connectivity index (χ0) is 25.6. The van der Waals surface area contributed by atoms with Crippen molar-refractivity contribution in [2.75, 3.05) is 46.9 Å². The first kappa shape index (κ1) is 24.5. The van der Waals surface area contributed by atoms with Gasteiger partial charge < -0.3 is 14.4 Å². The van der Waals surface area contributed by atoms with Gasteiger partial charge in [-0.3, -0.25) is 9.69 Å². The molecule has 1 amide bonds. The minimum Gasteiger partial charge on any atom is -0.493 e. The summed E-state index contributed by atoms with van der Waals surface area (Å²) in [5.74, 6) is 1.32. The monoisotopic (exact) mass is 493 g/mol. The molecule has 0 aliphatic carbocycles. The number of benzene rings is 3. The average molecular weight is 494 g/mol. The third-order valence-corrected chi connectivity index (χ3v) is 6.76. The van der Waals surface area contributed by atoms with Gasteiger partial charge in [-0.2, -0.15) is 0 Å². The molecule has 0 N–H and O–H groups in total. The molecule has 6 heteroatoms. The van der Waals surface area contributed by atoms with Gasteiger partial charge in [-0.15, -0.1) is 0 Å². The molecule has 4 aromatic rings. The van der Waals surface area contributed by atoms with E-state index < -0.39 is 0 Å². The third kappa shape index (κ3) is 5.49. The van der Waals surface area contributed by atoms with Crippen LogP contribution in [0.5, 0.6) is 11.5 Å². The molecule has 1 aliphatic heterocycles. The summed E-state index contributed by atoms with van der Waals surface area (Å²) in [6.07, 6.45) is 4.34. The number of hydrogen-bond donors (Lipinski definition) is 0. The summed E-state index contributed by atoms with van der Waals surface area (Å²) < 4.78 is 10.9. The minimum atomic E-state index is 0.0415. The van der Waals surface area contributed by atoms with E-state index in [1.165, 1.54) is 5.56 Å². The number of piperazine rings is 1. The van der Waals surface area contributed by atoms with Crippen LogP contribution in [0, 0.1) is 0 Å². The molecule has 0 radical (unpaired) electrons. The van der Waals surface area contributed by atoms with E-state index in [9.17, 15) is 4.79 Å². The Bertz CT molecular complexity index is 1410. The number of rotatable bonds is 7. The number of methoxy groups -OCH3 is 2. The van der Waals surface area contributed by atoms with E-state index in [4.69, 9.17) is 14.5 Å². The number of hydrogen-bond acceptors (Lipinski definition) is 5. The molecule has 0 unspecified atom stereocenters. The lowest BCUT2D eigenvalue weighted by Crippen LogP contribution is -2.48. The zero-order valence-electron chi connectivity index (χ0n) is 21.3. The molecule has 2 heterocycles. The average Bonchev–Trinajstić information content (AvgIpc) is 2.96. The summed E-state index contributed by atoms with van der Waals surface area (Å²) in [4.78, 5) is 22.9. The quantitative estimate of drug-likeness (QED) is 0.346. The maximum absolute atomic E-state index is 13.7. The molecule has 1 saturated heterocycles. The largest absolute Gasteiger partial charge is 0.493 e. The van der Waals surface area contributed by atoms with E-state index in [1.807, 2.05) is 71.6 Å². The van der Waals surface area contributed by atoms with Crippen LogP contribution in [0.3, 0.4) is 0 Å². The second kappa shape index (κ2) is 11.3. The summed E-state index contributed by atoms with van der Waals surface area (Å²) in [5.41, 5.74) is 4.27. The van der Waals surface area contributed by atoms with Crippen molar-refractivity contribution in [3.05, 3.63) is 96.1 Å². The van der Waals surface area contributed by atoms with Crippen molar-refractivity contribution in [3.63, 3.8) is 0 Å². The van der Waals surface area contributed by atoms with Crippen LogP contribution in [0.1, 0.15) is 15.9 Å². The van der Waals surface area contributed by atoms with Crippen LogP contribution in [-0.4, -0.2) is 67.6 Å². The maximum atomic E-state index is 13.7. The lowest BCUT2D eigenvalue weighted by molar-refractivity contribution is 0.0652. The van der Waals surface area contributed by atoms with Crippen LogP contribution in [0.2, 0.25) is 0 Å². The van der Waals surface area contributed by atoms with Crippen LogP contribution in [0.15, 0.2) is 84.9 Å². The number of para-hydroxylation sites is 1. The predicted octanol–water partition coefficient (Wildman–Crippen LogP) is 5.39. The van der Waals surface area contributed by atoms with Gasteiger partial charge in [-0.1, -0.05) is 60.7 Å². The minimum absolute atomic E-state index is 0.0415. The van der Waals surface area contributed by atoms with Gasteiger partial charge in [0, 0.05) is 43.7 Å². The van der Waals surface area contributed by atoms with Crippen molar-refractivity contribution in [2.24, 2.45) is 0 Å². The van der Waals surface area contributed by atoms with E-state index >= 15 is 0 Å². The molecule has 1 aromatic heterocycles. The van der Waals surface area contributed by atoms with Gasteiger partial charge in [-0.05, 0) is 35.9 Å². The Balaban J connectivity index is 1.34. The van der Waals surface area contributed by atoms with E-state index in [-0.39, 0.29) is 5.91 Å². The van der Waals surface area contributed by atoms with E-state index in [0.717, 1.165) is 41.8 Å². The normalized spacial score (nSPS) is 14.3. The topological polar surface area (TPSA) is 54.9 Å². The fraction of sp³-hybridized carbons (Fsp3) is 0.226. The first-order valence-corrected chi connectivity index (χ1v) is 12.5. The van der Waals surface area contributed by atoms with E-state index in [2.05, 4.69) is 29.2 Å². The summed E-state index contributed by atoms with van der Waals surface area (Å²) in [7, 11) is 3.23. The molecular formula is C31H31N3O3. The van der Waals surface area contributed by atoms with Crippen LogP contribution >= 0.6 is 0 Å². The number of carbonyl (C=O) groups is 1. The van der Waals surface area contributed by atoms with Gasteiger partial charge in [-0.25, -0.2) is 4.98 Å². The lowest BCUT2D eigenvalue weighted by Gasteiger charge is -2.34. The van der Waals surface area contributed by atoms with Crippen molar-refractivity contribution in [1.29, 1.82) is 0 Å². The molecule has 3 aromatic carbocycles. The van der Waals surface area contributed by atoms with Gasteiger partial charge in [0.05, 0.1) is 31.0 Å². The molecule has 1 fully saturated rings. The fourth-order valence-electron chi connectivity index (χ4n) is 4.70. The number of ether oxygens (including phenoxy) is 2. The Labute approximate surface area is 217 Å². The first-order chi connectivity index (χ1) is 18.2. The van der Waals surface area contributed by atoms with Crippen molar-refractivity contribution in [2.45, 2.75) is 0 Å². The highest BCUT2D eigenvalue weighted by Gasteiger charge is 2.24. The van der Waals surface area contributed by atoms with E-state index in [1.54, 1.807) is 14.2 Å². The summed E-state index contributed by atoms with van der Waals surface area (Å²) in [6.45, 7) is 3.95. The molecule has 0 atom stereocenters. The van der Waals surface area contributed by atoms with E-state index in [0.29, 0.717) is 30.2 Å². The maximum Gasteiger partial charge on any atom is 0.254 e. The summed E-state index contributed by atoms with van der Waals surface area (Å²) >= 11 is 0. The van der Waals surface area contributed by atoms with Crippen molar-refractivity contribution < 1.29 is 14.3 Å². The number of carbonyl (C=O) groups excluding carboxylic acids is 1. The Morgan fingerprint density at radius 2 is 1.59 bits per heavy atom. The Kier molecular flexibility index (Phi) is 7.47. The van der Waals surface area contributed by atoms with Gasteiger partial charge in [0.2, 0.25) is 0 Å². The molecule has 0 bridgehead atoms. The van der Waals surface area contributed by atoms with Crippen LogP contribution in [0.25, 0.3) is 28.2 Å². The molecule has 188 valence electrons. The molecular weight excluding hydrogens is 462 g/mol. The van der Waals surface area contributed by atoms with Crippen molar-refractivity contribution >= 4 is 22.9 Å². The van der Waals surface area contributed by atoms with Crippen LogP contribution in [-0.2, 0) is 0 Å². The van der Waals surface area contributed by atoms with Gasteiger partial charge in [0.25, 0.3) is 5.91 Å². The van der Waals surface area contributed by atoms with Crippen LogP contribution in [0.4, 0.5) is 0 Å². The zero-order valence-corrected chi connectivity index (χ0v) is 21.3. The number of amides is 1. The van der Waals surface area contributed by atoms with Crippen molar-refractivity contribution in [1.82, 2.24) is 14.8 Å². The highest BCUT2D eigenvalue weighted by molar-refractivity contribution is 6.07. The number of aromatic nitrogens is 1. The van der Waals surface area contributed by atoms with Gasteiger partial charge >= 0.3 is 0 Å². The second-order valence-corrected chi connectivity index (χ2v) is 9.05. The Morgan fingerprint density at radius 3 is 2.35 bits per heavy atom. The number of fused-ring (bicyclic) bond motifs is 1.